The van der Waals surface area contributed by atoms with E-state index in [0.717, 1.165) is 45.2 Å². The average Bonchev–Trinajstić information content (AvgIpc) is 2.83. The fourth-order valence-electron chi connectivity index (χ4n) is 3.22. The molecule has 5 nitrogen and oxygen atoms in total. The van der Waals surface area contributed by atoms with Crippen molar-refractivity contribution in [2.75, 3.05) is 13.1 Å². The van der Waals surface area contributed by atoms with E-state index in [9.17, 15) is 4.79 Å². The number of hydrogen-bond acceptors (Lipinski definition) is 3. The van der Waals surface area contributed by atoms with E-state index in [1.54, 1.807) is 0 Å². The second-order valence-corrected chi connectivity index (χ2v) is 5.67. The molecular formula is C14H23ClN4O. The lowest BCUT2D eigenvalue weighted by molar-refractivity contribution is -0.126. The lowest BCUT2D eigenvalue weighted by atomic mass is 9.91. The summed E-state index contributed by atoms with van der Waals surface area (Å²) in [6.45, 7) is 1.86. The fourth-order valence-corrected chi connectivity index (χ4v) is 3.22. The molecule has 1 aliphatic heterocycles. The maximum atomic E-state index is 12.3. The van der Waals surface area contributed by atoms with E-state index in [1.807, 2.05) is 17.9 Å². The van der Waals surface area contributed by atoms with Crippen LogP contribution in [0.2, 0.25) is 0 Å². The number of amides is 1. The van der Waals surface area contributed by atoms with E-state index in [0.29, 0.717) is 0 Å². The molecule has 6 heteroatoms. The highest BCUT2D eigenvalue weighted by molar-refractivity contribution is 5.85. The van der Waals surface area contributed by atoms with Crippen molar-refractivity contribution in [3.8, 4) is 0 Å². The maximum Gasteiger partial charge on any atom is 0.224 e. The molecule has 0 aromatic carbocycles. The fraction of sp³-hybridized carbons (Fsp3) is 0.714. The molecule has 0 spiro atoms. The summed E-state index contributed by atoms with van der Waals surface area (Å²) in [6.07, 6.45) is 7.25. The summed E-state index contributed by atoms with van der Waals surface area (Å²) in [5.41, 5.74) is 2.49. The molecule has 2 atom stereocenters. The Kier molecular flexibility index (Phi) is 5.05. The lowest BCUT2D eigenvalue weighted by Crippen LogP contribution is -2.42. The van der Waals surface area contributed by atoms with Crippen LogP contribution in [0.15, 0.2) is 6.20 Å². The van der Waals surface area contributed by atoms with Crippen LogP contribution < -0.4 is 10.6 Å². The van der Waals surface area contributed by atoms with Gasteiger partial charge in [0.1, 0.15) is 0 Å². The Morgan fingerprint density at radius 3 is 3.05 bits per heavy atom. The summed E-state index contributed by atoms with van der Waals surface area (Å²) in [5.74, 6) is 0.338. The summed E-state index contributed by atoms with van der Waals surface area (Å²) in [5, 5.41) is 10.8. The van der Waals surface area contributed by atoms with Crippen LogP contribution in [-0.2, 0) is 18.3 Å². The standard InChI is InChI=1S/C14H22N4O.ClH/c1-18-13-6-2-5-12(11(13)9-16-18)17-14(19)10-4-3-7-15-8-10;/h9-10,12,15H,2-8H2,1H3,(H,17,19);1H/t10-,12?;/m1./s1. The lowest BCUT2D eigenvalue weighted by Gasteiger charge is -2.27. The first kappa shape index (κ1) is 15.3. The van der Waals surface area contributed by atoms with Gasteiger partial charge in [-0.15, -0.1) is 12.4 Å². The van der Waals surface area contributed by atoms with Crippen molar-refractivity contribution in [1.29, 1.82) is 0 Å². The summed E-state index contributed by atoms with van der Waals surface area (Å²) in [4.78, 5) is 12.3. The molecule has 1 aromatic rings. The van der Waals surface area contributed by atoms with Crippen molar-refractivity contribution in [3.05, 3.63) is 17.5 Å². The molecule has 20 heavy (non-hydrogen) atoms. The predicted molar refractivity (Wildman–Crippen MR) is 79.9 cm³/mol. The van der Waals surface area contributed by atoms with Gasteiger partial charge < -0.3 is 10.6 Å². The second-order valence-electron chi connectivity index (χ2n) is 5.67. The Bertz CT molecular complexity index is 468. The SMILES string of the molecule is Cl.Cn1ncc2c1CCCC2NC(=O)[C@@H]1CCCNC1. The molecule has 1 fully saturated rings. The number of piperidine rings is 1. The summed E-state index contributed by atoms with van der Waals surface area (Å²) < 4.78 is 1.94. The molecule has 0 bridgehead atoms. The number of aromatic nitrogens is 2. The van der Waals surface area contributed by atoms with Crippen LogP contribution in [0.4, 0.5) is 0 Å². The number of hydrogen-bond donors (Lipinski definition) is 2. The highest BCUT2D eigenvalue weighted by Crippen LogP contribution is 2.29. The summed E-state index contributed by atoms with van der Waals surface area (Å²) in [7, 11) is 1.98. The Morgan fingerprint density at radius 2 is 2.30 bits per heavy atom. The van der Waals surface area contributed by atoms with Gasteiger partial charge in [0, 0.05) is 24.8 Å². The van der Waals surface area contributed by atoms with Gasteiger partial charge in [0.2, 0.25) is 5.91 Å². The number of aryl methyl sites for hydroxylation is 1. The van der Waals surface area contributed by atoms with Gasteiger partial charge in [-0.25, -0.2) is 0 Å². The topological polar surface area (TPSA) is 59.0 Å². The third-order valence-corrected chi connectivity index (χ3v) is 4.36. The zero-order valence-corrected chi connectivity index (χ0v) is 12.7. The second kappa shape index (κ2) is 6.59. The van der Waals surface area contributed by atoms with Crippen LogP contribution in [0, 0.1) is 5.92 Å². The van der Waals surface area contributed by atoms with Gasteiger partial charge in [-0.05, 0) is 38.6 Å². The van der Waals surface area contributed by atoms with E-state index in [4.69, 9.17) is 0 Å². The molecule has 0 radical (unpaired) electrons. The molecule has 2 aliphatic rings. The molecule has 1 aromatic heterocycles. The van der Waals surface area contributed by atoms with Crippen molar-refractivity contribution in [3.63, 3.8) is 0 Å². The van der Waals surface area contributed by atoms with Crippen molar-refractivity contribution >= 4 is 18.3 Å². The molecular weight excluding hydrogens is 276 g/mol. The number of carbonyl (C=O) groups is 1. The average molecular weight is 299 g/mol. The van der Waals surface area contributed by atoms with E-state index < -0.39 is 0 Å². The van der Waals surface area contributed by atoms with E-state index in [-0.39, 0.29) is 30.3 Å². The van der Waals surface area contributed by atoms with Crippen molar-refractivity contribution in [2.24, 2.45) is 13.0 Å². The van der Waals surface area contributed by atoms with E-state index in [1.165, 1.54) is 11.3 Å². The first-order valence-corrected chi connectivity index (χ1v) is 7.27. The van der Waals surface area contributed by atoms with Crippen LogP contribution in [0.25, 0.3) is 0 Å². The number of carbonyl (C=O) groups excluding carboxylic acids is 1. The molecule has 112 valence electrons. The minimum atomic E-state index is 0. The highest BCUT2D eigenvalue weighted by Gasteiger charge is 2.28. The van der Waals surface area contributed by atoms with Gasteiger partial charge >= 0.3 is 0 Å². The predicted octanol–water partition coefficient (Wildman–Crippen LogP) is 1.34. The minimum Gasteiger partial charge on any atom is -0.349 e. The van der Waals surface area contributed by atoms with Crippen LogP contribution in [-0.4, -0.2) is 28.8 Å². The molecule has 0 saturated carbocycles. The molecule has 3 rings (SSSR count). The first-order chi connectivity index (χ1) is 9.25. The normalized spacial score (nSPS) is 25.4. The number of nitrogens with one attached hydrogen (secondary N) is 2. The van der Waals surface area contributed by atoms with Gasteiger partial charge in [0.05, 0.1) is 18.2 Å². The summed E-state index contributed by atoms with van der Waals surface area (Å²) >= 11 is 0. The Morgan fingerprint density at radius 1 is 1.45 bits per heavy atom. The maximum absolute atomic E-state index is 12.3. The Hall–Kier alpha value is -1.07. The molecule has 1 unspecified atom stereocenters. The van der Waals surface area contributed by atoms with Crippen molar-refractivity contribution in [2.45, 2.75) is 38.1 Å². The molecule has 1 saturated heterocycles. The third kappa shape index (κ3) is 2.99. The Labute approximate surface area is 125 Å². The van der Waals surface area contributed by atoms with Gasteiger partial charge in [0.25, 0.3) is 0 Å². The zero-order valence-electron chi connectivity index (χ0n) is 11.9. The van der Waals surface area contributed by atoms with Gasteiger partial charge in [-0.3, -0.25) is 9.48 Å². The monoisotopic (exact) mass is 298 g/mol. The molecule has 2 N–H and O–H groups in total. The largest absolute Gasteiger partial charge is 0.349 e. The van der Waals surface area contributed by atoms with Crippen LogP contribution >= 0.6 is 12.4 Å². The van der Waals surface area contributed by atoms with Gasteiger partial charge in [-0.1, -0.05) is 0 Å². The van der Waals surface area contributed by atoms with Gasteiger partial charge in [0.15, 0.2) is 0 Å². The van der Waals surface area contributed by atoms with Crippen molar-refractivity contribution < 1.29 is 4.79 Å². The van der Waals surface area contributed by atoms with Crippen LogP contribution in [0.1, 0.15) is 43.0 Å². The first-order valence-electron chi connectivity index (χ1n) is 7.27. The third-order valence-electron chi connectivity index (χ3n) is 4.36. The number of halogens is 1. The number of nitrogens with zero attached hydrogens (tertiary/aromatic N) is 2. The Balaban J connectivity index is 0.00000147. The minimum absolute atomic E-state index is 0. The van der Waals surface area contributed by atoms with E-state index in [2.05, 4.69) is 15.7 Å². The number of rotatable bonds is 2. The van der Waals surface area contributed by atoms with Crippen molar-refractivity contribution in [1.82, 2.24) is 20.4 Å². The smallest absolute Gasteiger partial charge is 0.224 e. The van der Waals surface area contributed by atoms with Gasteiger partial charge in [-0.2, -0.15) is 5.10 Å². The number of fused-ring (bicyclic) bond motifs is 1. The van der Waals surface area contributed by atoms with Crippen LogP contribution in [0.5, 0.6) is 0 Å². The molecule has 1 aliphatic carbocycles. The zero-order chi connectivity index (χ0) is 13.2. The quantitative estimate of drug-likeness (QED) is 0.866. The molecule has 1 amide bonds. The molecule has 2 heterocycles. The highest BCUT2D eigenvalue weighted by atomic mass is 35.5. The van der Waals surface area contributed by atoms with E-state index >= 15 is 0 Å². The van der Waals surface area contributed by atoms with Crippen LogP contribution in [0.3, 0.4) is 0 Å². The summed E-state index contributed by atoms with van der Waals surface area (Å²) in [6, 6.07) is 0.159.